The highest BCUT2D eigenvalue weighted by molar-refractivity contribution is 7.47. The molecule has 0 aromatic carbocycles. The molecule has 0 aromatic heterocycles. The fourth-order valence-electron chi connectivity index (χ4n) is 4.91. The number of hydrogen-bond donors (Lipinski definition) is 2. The molecule has 0 amide bonds. The molecule has 284 valence electrons. The van der Waals surface area contributed by atoms with Crippen molar-refractivity contribution in [3.8, 4) is 0 Å². The summed E-state index contributed by atoms with van der Waals surface area (Å²) in [4.78, 5) is 22.4. The molecule has 3 N–H and O–H groups in total. The molecule has 0 spiro atoms. The van der Waals surface area contributed by atoms with Crippen LogP contribution in [0.1, 0.15) is 149 Å². The first-order valence-corrected chi connectivity index (χ1v) is 20.8. The van der Waals surface area contributed by atoms with E-state index in [2.05, 4.69) is 74.6 Å². The number of phosphoric ester groups is 1. The molecule has 0 aliphatic rings. The van der Waals surface area contributed by atoms with Crippen molar-refractivity contribution >= 4 is 13.8 Å². The van der Waals surface area contributed by atoms with Gasteiger partial charge >= 0.3 is 13.8 Å². The van der Waals surface area contributed by atoms with Crippen LogP contribution in [0.3, 0.4) is 0 Å². The number of unbranched alkanes of at least 4 members (excludes halogenated alkanes) is 13. The van der Waals surface area contributed by atoms with E-state index < -0.39 is 13.9 Å². The minimum Gasteiger partial charge on any atom is -0.457 e. The smallest absolute Gasteiger partial charge is 0.457 e. The van der Waals surface area contributed by atoms with Gasteiger partial charge < -0.3 is 20.1 Å². The van der Waals surface area contributed by atoms with E-state index >= 15 is 0 Å². The second-order valence-corrected chi connectivity index (χ2v) is 13.9. The highest BCUT2D eigenvalue weighted by atomic mass is 31.2. The average Bonchev–Trinajstić information content (AvgIpc) is 3.09. The first-order valence-electron chi connectivity index (χ1n) is 19.3. The number of carbonyl (C=O) groups excluding carboxylic acids is 1. The minimum absolute atomic E-state index is 0.0897. The van der Waals surface area contributed by atoms with Crippen LogP contribution >= 0.6 is 7.82 Å². The zero-order chi connectivity index (χ0) is 35.9. The maximum absolute atomic E-state index is 12.5. The SMILES string of the molecule is CC/C=C\C/C=C\C/C=C\C/C=C\C/C=C\CCCC(=O)OC(COCCCCCCCCCCCCCCC)COP(=O)(O)OCCN. The van der Waals surface area contributed by atoms with Crippen LogP contribution in [0.25, 0.3) is 0 Å². The highest BCUT2D eigenvalue weighted by Crippen LogP contribution is 2.43. The number of ether oxygens (including phenoxy) is 2. The number of hydrogen-bond acceptors (Lipinski definition) is 7. The Hall–Kier alpha value is -1.80. The van der Waals surface area contributed by atoms with Crippen molar-refractivity contribution in [3.05, 3.63) is 60.8 Å². The Morgan fingerprint density at radius 2 is 1.12 bits per heavy atom. The van der Waals surface area contributed by atoms with Gasteiger partial charge in [-0.3, -0.25) is 13.8 Å². The Balaban J connectivity index is 4.21. The molecule has 0 aliphatic heterocycles. The molecule has 2 atom stereocenters. The van der Waals surface area contributed by atoms with Crippen LogP contribution in [0.2, 0.25) is 0 Å². The molecule has 0 saturated heterocycles. The second kappa shape index (κ2) is 37.5. The van der Waals surface area contributed by atoms with Crippen molar-refractivity contribution in [2.24, 2.45) is 5.73 Å². The van der Waals surface area contributed by atoms with Crippen molar-refractivity contribution in [1.82, 2.24) is 0 Å². The Labute approximate surface area is 300 Å². The molecule has 0 rings (SSSR count). The van der Waals surface area contributed by atoms with Crippen LogP contribution in [-0.4, -0.2) is 49.9 Å². The van der Waals surface area contributed by atoms with E-state index in [9.17, 15) is 14.3 Å². The van der Waals surface area contributed by atoms with Gasteiger partial charge in [-0.2, -0.15) is 0 Å². The predicted octanol–water partition coefficient (Wildman–Crippen LogP) is 11.0. The summed E-state index contributed by atoms with van der Waals surface area (Å²) in [6, 6.07) is 0. The van der Waals surface area contributed by atoms with Gasteiger partial charge in [0.25, 0.3) is 0 Å². The van der Waals surface area contributed by atoms with E-state index in [-0.39, 0.29) is 38.8 Å². The van der Waals surface area contributed by atoms with Crippen LogP contribution in [-0.2, 0) is 27.9 Å². The van der Waals surface area contributed by atoms with E-state index in [1.807, 2.05) is 0 Å². The molecule has 0 saturated carbocycles. The maximum atomic E-state index is 12.5. The Morgan fingerprint density at radius 1 is 0.633 bits per heavy atom. The highest BCUT2D eigenvalue weighted by Gasteiger charge is 2.25. The van der Waals surface area contributed by atoms with Gasteiger partial charge in [0, 0.05) is 19.6 Å². The summed E-state index contributed by atoms with van der Waals surface area (Å²) >= 11 is 0. The zero-order valence-corrected chi connectivity index (χ0v) is 32.1. The van der Waals surface area contributed by atoms with E-state index in [0.717, 1.165) is 51.4 Å². The number of esters is 1. The third kappa shape index (κ3) is 37.3. The molecule has 9 heteroatoms. The van der Waals surface area contributed by atoms with E-state index in [4.69, 9.17) is 24.3 Å². The second-order valence-electron chi connectivity index (χ2n) is 12.4. The quantitative estimate of drug-likeness (QED) is 0.0286. The molecule has 0 radical (unpaired) electrons. The molecular weight excluding hydrogens is 637 g/mol. The summed E-state index contributed by atoms with van der Waals surface area (Å²) < 4.78 is 33.2. The van der Waals surface area contributed by atoms with E-state index in [0.29, 0.717) is 13.0 Å². The van der Waals surface area contributed by atoms with Crippen LogP contribution < -0.4 is 5.73 Å². The molecule has 49 heavy (non-hydrogen) atoms. The van der Waals surface area contributed by atoms with Gasteiger partial charge in [-0.15, -0.1) is 0 Å². The number of nitrogens with two attached hydrogens (primary N) is 1. The van der Waals surface area contributed by atoms with Crippen molar-refractivity contribution in [3.63, 3.8) is 0 Å². The minimum atomic E-state index is -4.29. The molecule has 2 unspecified atom stereocenters. The van der Waals surface area contributed by atoms with Gasteiger partial charge in [-0.05, 0) is 51.4 Å². The standard InChI is InChI=1S/C40H72NO7P/c1-3-5-7-9-11-13-15-17-18-19-20-21-23-25-27-29-31-33-40(42)48-39(38-47-49(43,44)46-36-34-41)37-45-35-32-30-28-26-24-22-16-14-12-10-8-6-4-2/h5,7,11,13,17-18,20-21,25,27,39H,3-4,6,8-10,12,14-16,19,22-24,26,28-38,41H2,1-2H3,(H,43,44)/b7-5-,13-11-,18-17-,21-20-,27-25-. The van der Waals surface area contributed by atoms with Gasteiger partial charge in [-0.1, -0.05) is 152 Å². The number of allylic oxidation sites excluding steroid dienone is 10. The zero-order valence-electron chi connectivity index (χ0n) is 31.2. The molecule has 8 nitrogen and oxygen atoms in total. The normalized spacial score (nSPS) is 14.3. The Morgan fingerprint density at radius 3 is 1.63 bits per heavy atom. The third-order valence-electron chi connectivity index (χ3n) is 7.70. The predicted molar refractivity (Wildman–Crippen MR) is 205 cm³/mol. The van der Waals surface area contributed by atoms with Gasteiger partial charge in [0.05, 0.1) is 19.8 Å². The third-order valence-corrected chi connectivity index (χ3v) is 8.68. The summed E-state index contributed by atoms with van der Waals surface area (Å²) in [5, 5.41) is 0. The topological polar surface area (TPSA) is 117 Å². The summed E-state index contributed by atoms with van der Waals surface area (Å²) in [5.74, 6) is -0.388. The maximum Gasteiger partial charge on any atom is 0.472 e. The van der Waals surface area contributed by atoms with Gasteiger partial charge in [0.2, 0.25) is 0 Å². The summed E-state index contributed by atoms with van der Waals surface area (Å²) in [6.45, 7) is 4.72. The lowest BCUT2D eigenvalue weighted by molar-refractivity contribution is -0.154. The number of carbonyl (C=O) groups is 1. The van der Waals surface area contributed by atoms with E-state index in [1.54, 1.807) is 0 Å². The van der Waals surface area contributed by atoms with Crippen molar-refractivity contribution in [2.45, 2.75) is 155 Å². The molecule has 0 fully saturated rings. The molecular formula is C40H72NO7P. The van der Waals surface area contributed by atoms with Crippen molar-refractivity contribution in [1.29, 1.82) is 0 Å². The Kier molecular flexibility index (Phi) is 36.1. The molecule has 0 aromatic rings. The Bertz CT molecular complexity index is 932. The van der Waals surface area contributed by atoms with Crippen molar-refractivity contribution in [2.75, 3.05) is 33.0 Å². The van der Waals surface area contributed by atoms with Gasteiger partial charge in [0.15, 0.2) is 0 Å². The van der Waals surface area contributed by atoms with Crippen LogP contribution in [0.15, 0.2) is 60.8 Å². The van der Waals surface area contributed by atoms with E-state index in [1.165, 1.54) is 70.6 Å². The first kappa shape index (κ1) is 47.2. The lowest BCUT2D eigenvalue weighted by Gasteiger charge is -2.20. The lowest BCUT2D eigenvalue weighted by Crippen LogP contribution is -2.28. The fourth-order valence-corrected chi connectivity index (χ4v) is 5.68. The lowest BCUT2D eigenvalue weighted by atomic mass is 10.0. The van der Waals surface area contributed by atoms with Crippen LogP contribution in [0.5, 0.6) is 0 Å². The summed E-state index contributed by atoms with van der Waals surface area (Å²) in [5.41, 5.74) is 5.35. The summed E-state index contributed by atoms with van der Waals surface area (Å²) in [7, 11) is -4.29. The molecule has 0 bridgehead atoms. The van der Waals surface area contributed by atoms with Gasteiger partial charge in [0.1, 0.15) is 6.10 Å². The van der Waals surface area contributed by atoms with Crippen LogP contribution in [0, 0.1) is 0 Å². The first-order chi connectivity index (χ1) is 23.9. The summed E-state index contributed by atoms with van der Waals surface area (Å²) in [6.07, 6.45) is 43.8. The van der Waals surface area contributed by atoms with Crippen molar-refractivity contribution < 1.29 is 32.8 Å². The molecule has 0 heterocycles. The largest absolute Gasteiger partial charge is 0.472 e. The fraction of sp³-hybridized carbons (Fsp3) is 0.725. The van der Waals surface area contributed by atoms with Crippen LogP contribution in [0.4, 0.5) is 0 Å². The van der Waals surface area contributed by atoms with Gasteiger partial charge in [-0.25, -0.2) is 4.57 Å². The number of phosphoric acid groups is 1. The number of rotatable bonds is 36. The molecule has 0 aliphatic carbocycles. The monoisotopic (exact) mass is 710 g/mol. The average molecular weight is 710 g/mol.